The van der Waals surface area contributed by atoms with Crippen molar-refractivity contribution < 1.29 is 9.53 Å². The molecule has 1 aliphatic heterocycles. The molecule has 1 heterocycles. The Morgan fingerprint density at radius 3 is 1.82 bits per heavy atom. The maximum absolute atomic E-state index is 13.8. The van der Waals surface area contributed by atoms with Gasteiger partial charge in [-0.2, -0.15) is 0 Å². The van der Waals surface area contributed by atoms with Gasteiger partial charge in [0.1, 0.15) is 18.4 Å². The molecular formula is C29H25BrN2O2. The molecule has 0 saturated carbocycles. The van der Waals surface area contributed by atoms with Gasteiger partial charge in [-0.3, -0.25) is 10.1 Å². The second-order valence-electron chi connectivity index (χ2n) is 8.37. The van der Waals surface area contributed by atoms with Crippen LogP contribution in [0.25, 0.3) is 0 Å². The zero-order valence-electron chi connectivity index (χ0n) is 18.8. The smallest absolute Gasteiger partial charge is 0.247 e. The summed E-state index contributed by atoms with van der Waals surface area (Å²) in [5, 5.41) is 3.76. The van der Waals surface area contributed by atoms with Crippen LogP contribution in [0.1, 0.15) is 16.7 Å². The first kappa shape index (κ1) is 22.4. The van der Waals surface area contributed by atoms with E-state index in [0.29, 0.717) is 5.75 Å². The van der Waals surface area contributed by atoms with Crippen molar-refractivity contribution in [2.75, 3.05) is 18.6 Å². The minimum atomic E-state index is -0.759. The third-order valence-electron chi connectivity index (χ3n) is 6.33. The molecule has 0 bridgehead atoms. The van der Waals surface area contributed by atoms with Crippen molar-refractivity contribution in [3.05, 3.63) is 130 Å². The minimum absolute atomic E-state index is 0.0518. The molecule has 1 aliphatic rings. The molecule has 1 N–H and O–H groups in total. The molecule has 0 saturated heterocycles. The maximum atomic E-state index is 13.8. The van der Waals surface area contributed by atoms with Gasteiger partial charge in [0.15, 0.2) is 0 Å². The van der Waals surface area contributed by atoms with Crippen LogP contribution in [-0.4, -0.2) is 25.6 Å². The summed E-state index contributed by atoms with van der Waals surface area (Å²) in [6.45, 7) is 0.214. The van der Waals surface area contributed by atoms with E-state index < -0.39 is 11.6 Å². The quantitative estimate of drug-likeness (QED) is 0.346. The minimum Gasteiger partial charge on any atom is -0.489 e. The van der Waals surface area contributed by atoms with E-state index >= 15 is 0 Å². The molecule has 0 aliphatic carbocycles. The number of carbonyl (C=O) groups is 1. The molecule has 5 heteroatoms. The van der Waals surface area contributed by atoms with Crippen molar-refractivity contribution in [1.29, 1.82) is 0 Å². The van der Waals surface area contributed by atoms with Gasteiger partial charge in [0.2, 0.25) is 5.91 Å². The summed E-state index contributed by atoms with van der Waals surface area (Å²) < 4.78 is 7.06. The van der Waals surface area contributed by atoms with Crippen LogP contribution in [0.5, 0.6) is 5.75 Å². The van der Waals surface area contributed by atoms with E-state index in [1.165, 1.54) is 0 Å². The molecule has 1 amide bonds. The van der Waals surface area contributed by atoms with Crippen molar-refractivity contribution in [3.63, 3.8) is 0 Å². The molecule has 0 radical (unpaired) electrons. The summed E-state index contributed by atoms with van der Waals surface area (Å²) in [6, 6.07) is 36.0. The molecular weight excluding hydrogens is 488 g/mol. The van der Waals surface area contributed by atoms with Crippen molar-refractivity contribution in [3.8, 4) is 5.75 Å². The number of benzene rings is 4. The fourth-order valence-electron chi connectivity index (χ4n) is 4.65. The largest absolute Gasteiger partial charge is 0.489 e. The van der Waals surface area contributed by atoms with E-state index in [0.717, 1.165) is 26.9 Å². The highest BCUT2D eigenvalue weighted by Crippen LogP contribution is 2.39. The Bertz CT molecular complexity index is 1180. The standard InChI is InChI=1S/C29H25BrN2O2/c1-32-26-19-24(30)17-18-27(26)34-20-25(28(32)33)31-29(21-11-5-2-6-12-21,22-13-7-3-8-14-22)23-15-9-4-10-16-23/h2-19,25,31H,20H2,1H3/t25-/m1/s1. The predicted molar refractivity (Wildman–Crippen MR) is 139 cm³/mol. The molecule has 5 rings (SSSR count). The zero-order chi connectivity index (χ0) is 23.5. The Morgan fingerprint density at radius 2 is 1.32 bits per heavy atom. The molecule has 4 aromatic carbocycles. The number of nitrogens with one attached hydrogen (secondary N) is 1. The van der Waals surface area contributed by atoms with E-state index in [2.05, 4.69) is 57.6 Å². The fraction of sp³-hybridized carbons (Fsp3) is 0.138. The summed E-state index contributed by atoms with van der Waals surface area (Å²) >= 11 is 3.51. The van der Waals surface area contributed by atoms with Crippen molar-refractivity contribution in [1.82, 2.24) is 5.32 Å². The number of halogens is 1. The first-order valence-electron chi connectivity index (χ1n) is 11.2. The molecule has 170 valence electrons. The van der Waals surface area contributed by atoms with Crippen LogP contribution in [0.4, 0.5) is 5.69 Å². The van der Waals surface area contributed by atoms with Crippen LogP contribution in [0, 0.1) is 0 Å². The molecule has 1 atom stereocenters. The van der Waals surface area contributed by atoms with E-state index in [1.54, 1.807) is 11.9 Å². The van der Waals surface area contributed by atoms with E-state index in [1.807, 2.05) is 72.8 Å². The number of anilines is 1. The van der Waals surface area contributed by atoms with Gasteiger partial charge in [0.25, 0.3) is 0 Å². The summed E-state index contributed by atoms with van der Waals surface area (Å²) in [4.78, 5) is 15.4. The van der Waals surface area contributed by atoms with Crippen LogP contribution in [-0.2, 0) is 10.3 Å². The van der Waals surface area contributed by atoms with E-state index in [4.69, 9.17) is 4.74 Å². The van der Waals surface area contributed by atoms with Gasteiger partial charge >= 0.3 is 0 Å². The Morgan fingerprint density at radius 1 is 0.824 bits per heavy atom. The number of nitrogens with zero attached hydrogens (tertiary/aromatic N) is 1. The lowest BCUT2D eigenvalue weighted by molar-refractivity contribution is -0.121. The Labute approximate surface area is 208 Å². The highest BCUT2D eigenvalue weighted by molar-refractivity contribution is 9.10. The van der Waals surface area contributed by atoms with Gasteiger partial charge < -0.3 is 9.64 Å². The number of carbonyl (C=O) groups excluding carboxylic acids is 1. The highest BCUT2D eigenvalue weighted by Gasteiger charge is 2.41. The van der Waals surface area contributed by atoms with Crippen LogP contribution in [0.2, 0.25) is 0 Å². The number of fused-ring (bicyclic) bond motifs is 1. The number of hydrogen-bond acceptors (Lipinski definition) is 3. The lowest BCUT2D eigenvalue weighted by atomic mass is 9.76. The number of amides is 1. The summed E-state index contributed by atoms with van der Waals surface area (Å²) in [6.07, 6.45) is 0. The number of ether oxygens (including phenoxy) is 1. The van der Waals surface area contributed by atoms with Crippen LogP contribution in [0.15, 0.2) is 114 Å². The summed E-state index contributed by atoms with van der Waals surface area (Å²) in [5.74, 6) is 0.636. The lowest BCUT2D eigenvalue weighted by Crippen LogP contribution is -2.56. The second kappa shape index (κ2) is 9.45. The van der Waals surface area contributed by atoms with E-state index in [9.17, 15) is 4.79 Å². The number of hydrogen-bond donors (Lipinski definition) is 1. The topological polar surface area (TPSA) is 41.6 Å². The fourth-order valence-corrected chi connectivity index (χ4v) is 5.00. The van der Waals surface area contributed by atoms with Crippen LogP contribution < -0.4 is 15.0 Å². The third kappa shape index (κ3) is 4.02. The van der Waals surface area contributed by atoms with Crippen molar-refractivity contribution >= 4 is 27.5 Å². The van der Waals surface area contributed by atoms with Gasteiger partial charge in [-0.25, -0.2) is 0 Å². The van der Waals surface area contributed by atoms with Gasteiger partial charge in [0.05, 0.1) is 11.2 Å². The molecule has 0 spiro atoms. The first-order valence-corrected chi connectivity index (χ1v) is 12.0. The van der Waals surface area contributed by atoms with Crippen molar-refractivity contribution in [2.24, 2.45) is 0 Å². The predicted octanol–water partition coefficient (Wildman–Crippen LogP) is 5.75. The number of rotatable bonds is 5. The SMILES string of the molecule is CN1C(=O)[C@H](NC(c2ccccc2)(c2ccccc2)c2ccccc2)COc2ccc(Br)cc21. The molecule has 34 heavy (non-hydrogen) atoms. The average Bonchev–Trinajstić information content (AvgIpc) is 3.00. The Kier molecular flexibility index (Phi) is 6.22. The van der Waals surface area contributed by atoms with E-state index in [-0.39, 0.29) is 12.5 Å². The zero-order valence-corrected chi connectivity index (χ0v) is 20.4. The van der Waals surface area contributed by atoms with Gasteiger partial charge in [-0.15, -0.1) is 0 Å². The van der Waals surface area contributed by atoms with Gasteiger partial charge in [-0.05, 0) is 34.9 Å². The normalized spacial score (nSPS) is 15.9. The summed E-state index contributed by atoms with van der Waals surface area (Å²) in [5.41, 5.74) is 3.13. The number of likely N-dealkylation sites (N-methyl/N-ethyl adjacent to an activating group) is 1. The molecule has 0 unspecified atom stereocenters. The Hall–Kier alpha value is -3.41. The second-order valence-corrected chi connectivity index (χ2v) is 9.28. The average molecular weight is 513 g/mol. The molecule has 4 nitrogen and oxygen atoms in total. The molecule has 0 aromatic heterocycles. The van der Waals surface area contributed by atoms with Gasteiger partial charge in [-0.1, -0.05) is 107 Å². The molecule has 0 fully saturated rings. The van der Waals surface area contributed by atoms with Crippen molar-refractivity contribution in [2.45, 2.75) is 11.6 Å². The maximum Gasteiger partial charge on any atom is 0.247 e. The Balaban J connectivity index is 1.66. The summed E-state index contributed by atoms with van der Waals surface area (Å²) in [7, 11) is 1.80. The monoisotopic (exact) mass is 512 g/mol. The first-order chi connectivity index (χ1) is 16.6. The van der Waals surface area contributed by atoms with Gasteiger partial charge in [0, 0.05) is 11.5 Å². The highest BCUT2D eigenvalue weighted by atomic mass is 79.9. The van der Waals surface area contributed by atoms with Crippen LogP contribution in [0.3, 0.4) is 0 Å². The third-order valence-corrected chi connectivity index (χ3v) is 6.82. The molecule has 4 aromatic rings. The lowest BCUT2D eigenvalue weighted by Gasteiger charge is -2.39. The van der Waals surface area contributed by atoms with Crippen LogP contribution >= 0.6 is 15.9 Å².